The van der Waals surface area contributed by atoms with E-state index >= 15 is 0 Å². The summed E-state index contributed by atoms with van der Waals surface area (Å²) in [6.07, 6.45) is 7.43. The smallest absolute Gasteiger partial charge is 0.0223 e. The van der Waals surface area contributed by atoms with Crippen LogP contribution in [0.5, 0.6) is 0 Å². The molecule has 0 atom stereocenters. The van der Waals surface area contributed by atoms with Crippen LogP contribution in [0, 0.1) is 0 Å². The van der Waals surface area contributed by atoms with Gasteiger partial charge >= 0.3 is 0 Å². The molecule has 0 N–H and O–H groups in total. The van der Waals surface area contributed by atoms with Crippen molar-refractivity contribution >= 4 is 27.5 Å². The SMILES string of the molecule is C=C(Br)CCCCCCCCl. The van der Waals surface area contributed by atoms with E-state index in [9.17, 15) is 0 Å². The second kappa shape index (κ2) is 8.61. The van der Waals surface area contributed by atoms with Crippen LogP contribution in [-0.4, -0.2) is 5.88 Å². The third-order valence-corrected chi connectivity index (χ3v) is 2.25. The standard InChI is InChI=1S/C9H16BrCl/c1-9(10)7-5-3-2-4-6-8-11/h1-8H2. The lowest BCUT2D eigenvalue weighted by molar-refractivity contribution is 0.638. The van der Waals surface area contributed by atoms with Gasteiger partial charge in [0.05, 0.1) is 0 Å². The van der Waals surface area contributed by atoms with Crippen LogP contribution < -0.4 is 0 Å². The molecule has 0 unspecified atom stereocenters. The quantitative estimate of drug-likeness (QED) is 0.454. The average molecular weight is 240 g/mol. The van der Waals surface area contributed by atoms with E-state index in [0.29, 0.717) is 0 Å². The lowest BCUT2D eigenvalue weighted by Gasteiger charge is -1.98. The third-order valence-electron chi connectivity index (χ3n) is 1.58. The van der Waals surface area contributed by atoms with Crippen molar-refractivity contribution in [2.24, 2.45) is 0 Å². The molecular formula is C9H16BrCl. The van der Waals surface area contributed by atoms with Crippen LogP contribution in [0.25, 0.3) is 0 Å². The van der Waals surface area contributed by atoms with Gasteiger partial charge < -0.3 is 0 Å². The molecule has 0 heterocycles. The summed E-state index contributed by atoms with van der Waals surface area (Å²) in [5.74, 6) is 0.811. The number of rotatable bonds is 7. The van der Waals surface area contributed by atoms with Crippen LogP contribution in [0.15, 0.2) is 11.1 Å². The zero-order valence-corrected chi connectivity index (χ0v) is 9.25. The number of hydrogen-bond donors (Lipinski definition) is 0. The van der Waals surface area contributed by atoms with E-state index in [0.717, 1.165) is 23.2 Å². The molecule has 0 saturated heterocycles. The minimum atomic E-state index is 0.811. The topological polar surface area (TPSA) is 0 Å². The molecule has 0 bridgehead atoms. The van der Waals surface area contributed by atoms with Gasteiger partial charge in [-0.25, -0.2) is 0 Å². The fourth-order valence-corrected chi connectivity index (χ4v) is 1.41. The first-order chi connectivity index (χ1) is 5.27. The monoisotopic (exact) mass is 238 g/mol. The number of halogens is 2. The Bertz CT molecular complexity index is 102. The summed E-state index contributed by atoms with van der Waals surface area (Å²) in [6.45, 7) is 3.78. The Morgan fingerprint density at radius 1 is 1.09 bits per heavy atom. The highest BCUT2D eigenvalue weighted by molar-refractivity contribution is 9.11. The second-order valence-electron chi connectivity index (χ2n) is 2.72. The van der Waals surface area contributed by atoms with Crippen LogP contribution in [0.3, 0.4) is 0 Å². The lowest BCUT2D eigenvalue weighted by atomic mass is 10.1. The lowest BCUT2D eigenvalue weighted by Crippen LogP contribution is -1.80. The summed E-state index contributed by atoms with van der Waals surface area (Å²) >= 11 is 8.88. The molecule has 0 nitrogen and oxygen atoms in total. The largest absolute Gasteiger partial charge is 0.127 e. The minimum Gasteiger partial charge on any atom is -0.127 e. The third kappa shape index (κ3) is 10.5. The Morgan fingerprint density at radius 2 is 1.64 bits per heavy atom. The predicted octanol–water partition coefficient (Wildman–Crippen LogP) is 4.47. The highest BCUT2D eigenvalue weighted by atomic mass is 79.9. The van der Waals surface area contributed by atoms with Gasteiger partial charge in [-0.15, -0.1) is 11.6 Å². The van der Waals surface area contributed by atoms with Crippen LogP contribution in [0.4, 0.5) is 0 Å². The van der Waals surface area contributed by atoms with Crippen molar-refractivity contribution in [3.63, 3.8) is 0 Å². The van der Waals surface area contributed by atoms with Crippen LogP contribution >= 0.6 is 27.5 Å². The highest BCUT2D eigenvalue weighted by Crippen LogP contribution is 2.13. The Labute approximate surface area is 83.1 Å². The summed E-state index contributed by atoms with van der Waals surface area (Å²) in [5.41, 5.74) is 0. The zero-order valence-electron chi connectivity index (χ0n) is 6.91. The van der Waals surface area contributed by atoms with Crippen LogP contribution in [0.2, 0.25) is 0 Å². The van der Waals surface area contributed by atoms with Gasteiger partial charge in [0.2, 0.25) is 0 Å². The summed E-state index contributed by atoms with van der Waals surface area (Å²) in [7, 11) is 0. The molecule has 0 radical (unpaired) electrons. The average Bonchev–Trinajstić information content (AvgIpc) is 1.96. The first-order valence-corrected chi connectivity index (χ1v) is 5.49. The Balaban J connectivity index is 2.85. The van der Waals surface area contributed by atoms with Gasteiger partial charge in [-0.05, 0) is 23.7 Å². The molecule has 0 saturated carbocycles. The summed E-state index contributed by atoms with van der Waals surface area (Å²) in [5, 5.41) is 0. The van der Waals surface area contributed by atoms with E-state index < -0.39 is 0 Å². The molecule has 0 aromatic rings. The Morgan fingerprint density at radius 3 is 2.18 bits per heavy atom. The molecule has 66 valence electrons. The zero-order chi connectivity index (χ0) is 8.53. The molecule has 0 spiro atoms. The van der Waals surface area contributed by atoms with Gasteiger partial charge in [0.1, 0.15) is 0 Å². The van der Waals surface area contributed by atoms with Crippen LogP contribution in [-0.2, 0) is 0 Å². The molecule has 0 aliphatic rings. The van der Waals surface area contributed by atoms with Gasteiger partial charge in [0, 0.05) is 5.88 Å². The maximum absolute atomic E-state index is 5.54. The second-order valence-corrected chi connectivity index (χ2v) is 4.22. The minimum absolute atomic E-state index is 0.811. The molecule has 0 amide bonds. The normalized spacial score (nSPS) is 10.0. The van der Waals surface area contributed by atoms with Crippen LogP contribution in [0.1, 0.15) is 38.5 Å². The summed E-state index contributed by atoms with van der Waals surface area (Å²) < 4.78 is 1.12. The van der Waals surface area contributed by atoms with Crippen molar-refractivity contribution in [1.82, 2.24) is 0 Å². The van der Waals surface area contributed by atoms with E-state index in [1.807, 2.05) is 0 Å². The van der Waals surface area contributed by atoms with Gasteiger partial charge in [-0.2, -0.15) is 0 Å². The van der Waals surface area contributed by atoms with E-state index in [2.05, 4.69) is 22.5 Å². The summed E-state index contributed by atoms with van der Waals surface area (Å²) in [6, 6.07) is 0. The van der Waals surface area contributed by atoms with E-state index in [4.69, 9.17) is 11.6 Å². The van der Waals surface area contributed by atoms with E-state index in [1.165, 1.54) is 25.7 Å². The molecule has 11 heavy (non-hydrogen) atoms. The number of hydrogen-bond acceptors (Lipinski definition) is 0. The van der Waals surface area contributed by atoms with Crippen molar-refractivity contribution in [1.29, 1.82) is 0 Å². The highest BCUT2D eigenvalue weighted by Gasteiger charge is 1.90. The molecule has 0 aliphatic carbocycles. The molecule has 2 heteroatoms. The first-order valence-electron chi connectivity index (χ1n) is 4.16. The molecular weight excluding hydrogens is 223 g/mol. The predicted molar refractivity (Wildman–Crippen MR) is 56.5 cm³/mol. The molecule has 0 aromatic carbocycles. The van der Waals surface area contributed by atoms with Crippen molar-refractivity contribution in [3.05, 3.63) is 11.1 Å². The van der Waals surface area contributed by atoms with Gasteiger partial charge in [-0.1, -0.05) is 41.8 Å². The van der Waals surface area contributed by atoms with Crippen molar-refractivity contribution < 1.29 is 0 Å². The Kier molecular flexibility index (Phi) is 9.00. The maximum atomic E-state index is 5.54. The number of unbranched alkanes of at least 4 members (excludes halogenated alkanes) is 4. The molecule has 0 aromatic heterocycles. The summed E-state index contributed by atoms with van der Waals surface area (Å²) in [4.78, 5) is 0. The first kappa shape index (κ1) is 11.5. The van der Waals surface area contributed by atoms with Crippen molar-refractivity contribution in [2.75, 3.05) is 5.88 Å². The Hall–Kier alpha value is 0.510. The van der Waals surface area contributed by atoms with Crippen molar-refractivity contribution in [3.8, 4) is 0 Å². The van der Waals surface area contributed by atoms with Gasteiger partial charge in [0.15, 0.2) is 0 Å². The fourth-order valence-electron chi connectivity index (χ4n) is 0.942. The van der Waals surface area contributed by atoms with E-state index in [-0.39, 0.29) is 0 Å². The van der Waals surface area contributed by atoms with E-state index in [1.54, 1.807) is 0 Å². The maximum Gasteiger partial charge on any atom is 0.0223 e. The molecule has 0 rings (SSSR count). The van der Waals surface area contributed by atoms with Crippen molar-refractivity contribution in [2.45, 2.75) is 38.5 Å². The number of alkyl halides is 1. The molecule has 0 fully saturated rings. The van der Waals surface area contributed by atoms with Gasteiger partial charge in [0.25, 0.3) is 0 Å². The number of allylic oxidation sites excluding steroid dienone is 1. The fraction of sp³-hybridized carbons (Fsp3) is 0.778. The molecule has 0 aliphatic heterocycles. The van der Waals surface area contributed by atoms with Gasteiger partial charge in [-0.3, -0.25) is 0 Å².